The predicted octanol–water partition coefficient (Wildman–Crippen LogP) is 3.12. The molecule has 0 aliphatic rings. The van der Waals surface area contributed by atoms with Gasteiger partial charge in [-0.2, -0.15) is 0 Å². The maximum atomic E-state index is 4.67. The third kappa shape index (κ3) is 5.58. The highest BCUT2D eigenvalue weighted by Crippen LogP contribution is 2.08. The molecular formula is C15H27N3. The van der Waals surface area contributed by atoms with Crippen molar-refractivity contribution in [2.24, 2.45) is 11.8 Å². The summed E-state index contributed by atoms with van der Waals surface area (Å²) in [6.45, 7) is 12.9. The van der Waals surface area contributed by atoms with Crippen LogP contribution in [-0.4, -0.2) is 16.5 Å². The second-order valence-corrected chi connectivity index (χ2v) is 5.87. The van der Waals surface area contributed by atoms with E-state index in [2.05, 4.69) is 49.9 Å². The maximum Gasteiger partial charge on any atom is 0.128 e. The molecule has 3 heteroatoms. The molecule has 0 atom stereocenters. The lowest BCUT2D eigenvalue weighted by Crippen LogP contribution is -2.20. The summed E-state index contributed by atoms with van der Waals surface area (Å²) in [6.07, 6.45) is 4.09. The van der Waals surface area contributed by atoms with E-state index in [1.165, 1.54) is 5.56 Å². The molecule has 1 N–H and O–H groups in total. The summed E-state index contributed by atoms with van der Waals surface area (Å²) < 4.78 is 0. The summed E-state index contributed by atoms with van der Waals surface area (Å²) in [4.78, 5) is 9.08. The second-order valence-electron chi connectivity index (χ2n) is 5.87. The molecule has 1 aromatic rings. The minimum Gasteiger partial charge on any atom is -0.311 e. The van der Waals surface area contributed by atoms with Gasteiger partial charge in [0.15, 0.2) is 0 Å². The van der Waals surface area contributed by atoms with Crippen LogP contribution in [0.5, 0.6) is 0 Å². The molecule has 1 rings (SSSR count). The van der Waals surface area contributed by atoms with Crippen LogP contribution >= 0.6 is 0 Å². The van der Waals surface area contributed by atoms with Crippen molar-refractivity contribution in [3.05, 3.63) is 23.3 Å². The maximum absolute atomic E-state index is 4.67. The molecule has 1 aromatic heterocycles. The summed E-state index contributed by atoms with van der Waals surface area (Å²) >= 11 is 0. The zero-order valence-corrected chi connectivity index (χ0v) is 12.5. The van der Waals surface area contributed by atoms with E-state index < -0.39 is 0 Å². The Morgan fingerprint density at radius 3 is 2.50 bits per heavy atom. The highest BCUT2D eigenvalue weighted by Gasteiger charge is 2.05. The number of hydrogen-bond donors (Lipinski definition) is 1. The zero-order chi connectivity index (χ0) is 13.5. The first-order valence-corrected chi connectivity index (χ1v) is 7.01. The average Bonchev–Trinajstić information content (AvgIpc) is 2.29. The van der Waals surface area contributed by atoms with Crippen LogP contribution in [0.25, 0.3) is 0 Å². The van der Waals surface area contributed by atoms with Gasteiger partial charge in [-0.3, -0.25) is 0 Å². The third-order valence-electron chi connectivity index (χ3n) is 2.92. The smallest absolute Gasteiger partial charge is 0.128 e. The van der Waals surface area contributed by atoms with E-state index in [1.54, 1.807) is 0 Å². The first-order chi connectivity index (χ1) is 8.49. The largest absolute Gasteiger partial charge is 0.311 e. The molecule has 18 heavy (non-hydrogen) atoms. The van der Waals surface area contributed by atoms with Crippen molar-refractivity contribution in [2.75, 3.05) is 6.54 Å². The number of rotatable bonds is 7. The van der Waals surface area contributed by atoms with Crippen molar-refractivity contribution < 1.29 is 0 Å². The molecule has 102 valence electrons. The van der Waals surface area contributed by atoms with Gasteiger partial charge in [-0.05, 0) is 37.3 Å². The number of hydrogen-bond acceptors (Lipinski definition) is 3. The summed E-state index contributed by atoms with van der Waals surface area (Å²) in [5.74, 6) is 2.36. The van der Waals surface area contributed by atoms with Crippen molar-refractivity contribution in [3.8, 4) is 0 Å². The normalized spacial score (nSPS) is 11.5. The van der Waals surface area contributed by atoms with Crippen molar-refractivity contribution in [1.82, 2.24) is 15.3 Å². The van der Waals surface area contributed by atoms with Crippen LogP contribution in [0.1, 0.15) is 51.2 Å². The molecule has 0 saturated heterocycles. The SMILES string of the molecule is Cc1cnc(CCC(C)C)nc1CNCC(C)C. The Balaban J connectivity index is 2.57. The first-order valence-electron chi connectivity index (χ1n) is 7.01. The molecule has 0 saturated carbocycles. The number of aryl methyl sites for hydroxylation is 2. The van der Waals surface area contributed by atoms with E-state index in [9.17, 15) is 0 Å². The van der Waals surface area contributed by atoms with Crippen molar-refractivity contribution in [3.63, 3.8) is 0 Å². The Hall–Kier alpha value is -0.960. The molecule has 0 bridgehead atoms. The first kappa shape index (κ1) is 15.1. The molecule has 0 unspecified atom stereocenters. The summed E-state index contributed by atoms with van der Waals surface area (Å²) in [5.41, 5.74) is 2.32. The van der Waals surface area contributed by atoms with Gasteiger partial charge >= 0.3 is 0 Å². The summed E-state index contributed by atoms with van der Waals surface area (Å²) in [5, 5.41) is 3.44. The van der Waals surface area contributed by atoms with Gasteiger partial charge in [0.05, 0.1) is 5.69 Å². The molecule has 0 amide bonds. The highest BCUT2D eigenvalue weighted by molar-refractivity contribution is 5.15. The van der Waals surface area contributed by atoms with Gasteiger partial charge in [-0.25, -0.2) is 9.97 Å². The minimum atomic E-state index is 0.674. The Kier molecular flexibility index (Phi) is 6.27. The van der Waals surface area contributed by atoms with Gasteiger partial charge in [-0.15, -0.1) is 0 Å². The summed E-state index contributed by atoms with van der Waals surface area (Å²) in [6, 6.07) is 0. The van der Waals surface area contributed by atoms with Gasteiger partial charge in [0.2, 0.25) is 0 Å². The quantitative estimate of drug-likeness (QED) is 0.807. The van der Waals surface area contributed by atoms with Crippen molar-refractivity contribution in [1.29, 1.82) is 0 Å². The van der Waals surface area contributed by atoms with Crippen LogP contribution < -0.4 is 5.32 Å². The third-order valence-corrected chi connectivity index (χ3v) is 2.92. The predicted molar refractivity (Wildman–Crippen MR) is 76.5 cm³/mol. The van der Waals surface area contributed by atoms with Crippen LogP contribution in [0, 0.1) is 18.8 Å². The second kappa shape index (κ2) is 7.47. The Morgan fingerprint density at radius 2 is 1.89 bits per heavy atom. The van der Waals surface area contributed by atoms with E-state index >= 15 is 0 Å². The molecule has 0 radical (unpaired) electrons. The fourth-order valence-electron chi connectivity index (χ4n) is 1.72. The van der Waals surface area contributed by atoms with Gasteiger partial charge in [0.1, 0.15) is 5.82 Å². The Labute approximate surface area is 111 Å². The average molecular weight is 249 g/mol. The zero-order valence-electron chi connectivity index (χ0n) is 12.5. The fraction of sp³-hybridized carbons (Fsp3) is 0.733. The van der Waals surface area contributed by atoms with Crippen LogP contribution in [0.3, 0.4) is 0 Å². The molecular weight excluding hydrogens is 222 g/mol. The van der Waals surface area contributed by atoms with Crippen LogP contribution in [0.4, 0.5) is 0 Å². The van der Waals surface area contributed by atoms with Gasteiger partial charge in [0, 0.05) is 19.2 Å². The van der Waals surface area contributed by atoms with E-state index in [4.69, 9.17) is 0 Å². The van der Waals surface area contributed by atoms with Crippen LogP contribution in [0.15, 0.2) is 6.20 Å². The molecule has 0 spiro atoms. The minimum absolute atomic E-state index is 0.674. The fourth-order valence-corrected chi connectivity index (χ4v) is 1.72. The topological polar surface area (TPSA) is 37.8 Å². The monoisotopic (exact) mass is 249 g/mol. The summed E-state index contributed by atoms with van der Waals surface area (Å²) in [7, 11) is 0. The van der Waals surface area contributed by atoms with Crippen molar-refractivity contribution >= 4 is 0 Å². The van der Waals surface area contributed by atoms with E-state index in [-0.39, 0.29) is 0 Å². The molecule has 0 fully saturated rings. The van der Waals surface area contributed by atoms with Crippen LogP contribution in [0.2, 0.25) is 0 Å². The van der Waals surface area contributed by atoms with Gasteiger partial charge in [-0.1, -0.05) is 27.7 Å². The Morgan fingerprint density at radius 1 is 1.17 bits per heavy atom. The molecule has 1 heterocycles. The molecule has 0 aromatic carbocycles. The standard InChI is InChI=1S/C15H27N3/c1-11(2)6-7-15-17-9-13(5)14(18-15)10-16-8-12(3)4/h9,11-12,16H,6-8,10H2,1-5H3. The van der Waals surface area contributed by atoms with Gasteiger partial charge in [0.25, 0.3) is 0 Å². The number of nitrogens with one attached hydrogen (secondary N) is 1. The molecule has 0 aliphatic heterocycles. The number of aromatic nitrogens is 2. The van der Waals surface area contributed by atoms with Crippen molar-refractivity contribution in [2.45, 2.75) is 54.0 Å². The van der Waals surface area contributed by atoms with E-state index in [0.717, 1.165) is 37.4 Å². The van der Waals surface area contributed by atoms with E-state index in [0.29, 0.717) is 11.8 Å². The molecule has 0 aliphatic carbocycles. The Bertz CT molecular complexity index is 359. The number of nitrogens with zero attached hydrogens (tertiary/aromatic N) is 2. The van der Waals surface area contributed by atoms with Gasteiger partial charge < -0.3 is 5.32 Å². The highest BCUT2D eigenvalue weighted by atomic mass is 14.9. The lowest BCUT2D eigenvalue weighted by molar-refractivity contribution is 0.542. The lowest BCUT2D eigenvalue weighted by atomic mass is 10.1. The molecule has 3 nitrogen and oxygen atoms in total. The van der Waals surface area contributed by atoms with E-state index in [1.807, 2.05) is 6.20 Å². The van der Waals surface area contributed by atoms with Crippen LogP contribution in [-0.2, 0) is 13.0 Å². The lowest BCUT2D eigenvalue weighted by Gasteiger charge is -2.10.